The summed E-state index contributed by atoms with van der Waals surface area (Å²) >= 11 is 5.59. The van der Waals surface area contributed by atoms with Crippen LogP contribution < -0.4 is 0 Å². The van der Waals surface area contributed by atoms with Crippen LogP contribution in [-0.2, 0) is 19.1 Å². The first-order valence-corrected chi connectivity index (χ1v) is 6.43. The van der Waals surface area contributed by atoms with E-state index in [0.717, 1.165) is 20.8 Å². The van der Waals surface area contributed by atoms with Crippen molar-refractivity contribution in [3.8, 4) is 0 Å². The third kappa shape index (κ3) is 2.19. The fourth-order valence-corrected chi connectivity index (χ4v) is 2.66. The fourth-order valence-electron chi connectivity index (χ4n) is 2.37. The molecule has 4 atom stereocenters. The zero-order valence-corrected chi connectivity index (χ0v) is 12.1. The lowest BCUT2D eigenvalue weighted by Gasteiger charge is -2.52. The lowest BCUT2D eigenvalue weighted by molar-refractivity contribution is -0.318. The molecule has 0 saturated carbocycles. The smallest absolute Gasteiger partial charge is 0.229 e. The zero-order chi connectivity index (χ0) is 15.9. The Morgan fingerprint density at radius 1 is 1.10 bits per heavy atom. The van der Waals surface area contributed by atoms with Crippen LogP contribution in [0.25, 0.3) is 0 Å². The average molecular weight is 309 g/mol. The number of aliphatic hydroxyl groups is 3. The molecule has 0 aromatic heterocycles. The Bertz CT molecular complexity index is 465. The quantitative estimate of drug-likeness (QED) is 0.565. The van der Waals surface area contributed by atoms with Gasteiger partial charge in [0.15, 0.2) is 28.6 Å². The van der Waals surface area contributed by atoms with Crippen molar-refractivity contribution in [1.82, 2.24) is 0 Å². The van der Waals surface area contributed by atoms with E-state index in [2.05, 4.69) is 0 Å². The first-order valence-electron chi connectivity index (χ1n) is 5.89. The number of halogens is 1. The van der Waals surface area contributed by atoms with Gasteiger partial charge in [-0.1, -0.05) is 0 Å². The maximum absolute atomic E-state index is 11.7. The Morgan fingerprint density at radius 2 is 1.60 bits per heavy atom. The average Bonchev–Trinajstić information content (AvgIpc) is 2.32. The maximum Gasteiger partial charge on any atom is 0.229 e. The summed E-state index contributed by atoms with van der Waals surface area (Å²) in [7, 11) is 0. The monoisotopic (exact) mass is 308 g/mol. The topological polar surface area (TPSA) is 121 Å². The molecule has 0 amide bonds. The molecule has 20 heavy (non-hydrogen) atoms. The van der Waals surface area contributed by atoms with Gasteiger partial charge in [-0.05, 0) is 13.8 Å². The third-order valence-corrected chi connectivity index (χ3v) is 4.02. The number of carbonyl (C=O) groups is 3. The van der Waals surface area contributed by atoms with E-state index in [9.17, 15) is 29.7 Å². The van der Waals surface area contributed by atoms with Crippen LogP contribution in [0.2, 0.25) is 0 Å². The number of Topliss-reactive ketones (excluding diaryl/α,β-unsaturated/α-hetero) is 3. The van der Waals surface area contributed by atoms with E-state index in [4.69, 9.17) is 16.3 Å². The highest BCUT2D eigenvalue weighted by Crippen LogP contribution is 2.43. The van der Waals surface area contributed by atoms with Crippen molar-refractivity contribution in [2.24, 2.45) is 0 Å². The number of rotatable bonds is 4. The van der Waals surface area contributed by atoms with Crippen molar-refractivity contribution in [3.63, 3.8) is 0 Å². The fraction of sp³-hybridized carbons (Fsp3) is 0.750. The Kier molecular flexibility index (Phi) is 4.43. The first kappa shape index (κ1) is 17.2. The van der Waals surface area contributed by atoms with Crippen LogP contribution >= 0.6 is 11.6 Å². The molecule has 7 nitrogen and oxygen atoms in total. The Balaban J connectivity index is 3.51. The van der Waals surface area contributed by atoms with Gasteiger partial charge in [-0.2, -0.15) is 0 Å². The number of carbonyl (C=O) groups excluding carboxylic acids is 3. The Labute approximate surface area is 120 Å². The molecule has 0 bridgehead atoms. The van der Waals surface area contributed by atoms with E-state index < -0.39 is 52.7 Å². The minimum atomic E-state index is -2.67. The van der Waals surface area contributed by atoms with Gasteiger partial charge in [0, 0.05) is 13.3 Å². The van der Waals surface area contributed by atoms with Gasteiger partial charge >= 0.3 is 0 Å². The molecule has 8 heteroatoms. The van der Waals surface area contributed by atoms with Crippen molar-refractivity contribution >= 4 is 29.0 Å². The predicted molar refractivity (Wildman–Crippen MR) is 67.1 cm³/mol. The largest absolute Gasteiger partial charge is 0.378 e. The normalized spacial score (nSPS) is 41.2. The highest BCUT2D eigenvalue weighted by atomic mass is 35.5. The summed E-state index contributed by atoms with van der Waals surface area (Å²) in [6.45, 7) is 2.88. The molecule has 1 fully saturated rings. The molecule has 0 radical (unpaired) electrons. The predicted octanol–water partition coefficient (Wildman–Crippen LogP) is -1.07. The van der Waals surface area contributed by atoms with Crippen molar-refractivity contribution in [2.45, 2.75) is 50.3 Å². The molecule has 114 valence electrons. The van der Waals surface area contributed by atoms with Crippen molar-refractivity contribution in [1.29, 1.82) is 0 Å². The summed E-state index contributed by atoms with van der Waals surface area (Å²) in [4.78, 5) is 34.9. The molecule has 0 spiro atoms. The van der Waals surface area contributed by atoms with Gasteiger partial charge in [0.05, 0.1) is 5.88 Å². The van der Waals surface area contributed by atoms with E-state index in [-0.39, 0.29) is 0 Å². The molecule has 0 aliphatic carbocycles. The van der Waals surface area contributed by atoms with Crippen molar-refractivity contribution < 1.29 is 34.4 Å². The molecule has 1 aliphatic rings. The minimum absolute atomic E-state index is 0.513. The summed E-state index contributed by atoms with van der Waals surface area (Å²) in [5.74, 6) is -5.82. The van der Waals surface area contributed by atoms with Crippen LogP contribution in [0, 0.1) is 0 Å². The lowest BCUT2D eigenvalue weighted by atomic mass is 9.68. The van der Waals surface area contributed by atoms with Gasteiger partial charge in [-0.3, -0.25) is 14.4 Å². The highest BCUT2D eigenvalue weighted by molar-refractivity contribution is 6.18. The highest BCUT2D eigenvalue weighted by Gasteiger charge is 2.69. The van der Waals surface area contributed by atoms with Crippen molar-refractivity contribution in [2.75, 3.05) is 5.88 Å². The molecular weight excluding hydrogens is 292 g/mol. The second-order valence-corrected chi connectivity index (χ2v) is 5.33. The van der Waals surface area contributed by atoms with Gasteiger partial charge in [0.1, 0.15) is 6.10 Å². The van der Waals surface area contributed by atoms with Crippen LogP contribution in [0.15, 0.2) is 0 Å². The van der Waals surface area contributed by atoms with E-state index >= 15 is 0 Å². The molecule has 0 aromatic rings. The zero-order valence-electron chi connectivity index (χ0n) is 11.3. The van der Waals surface area contributed by atoms with E-state index in [1.807, 2.05) is 0 Å². The van der Waals surface area contributed by atoms with Gasteiger partial charge < -0.3 is 20.1 Å². The minimum Gasteiger partial charge on any atom is -0.378 e. The second-order valence-electron chi connectivity index (χ2n) is 5.02. The molecular formula is C12H17ClO7. The SMILES string of the molecule is CC(=O)[C@@]1(O)C[C@](O)(C(C)=O)[C@@](O)(C(C)=O)[C@@H](CCl)O1. The van der Waals surface area contributed by atoms with Gasteiger partial charge in [0.2, 0.25) is 5.79 Å². The second kappa shape index (κ2) is 5.16. The maximum atomic E-state index is 11.7. The van der Waals surface area contributed by atoms with Crippen molar-refractivity contribution in [3.05, 3.63) is 0 Å². The molecule has 0 unspecified atom stereocenters. The van der Waals surface area contributed by atoms with Crippen LogP contribution in [0.3, 0.4) is 0 Å². The first-order chi connectivity index (χ1) is 8.95. The van der Waals surface area contributed by atoms with E-state index in [1.165, 1.54) is 0 Å². The summed E-state index contributed by atoms with van der Waals surface area (Å²) in [6.07, 6.45) is -2.56. The van der Waals surface area contributed by atoms with Crippen LogP contribution in [0.5, 0.6) is 0 Å². The molecule has 1 rings (SSSR count). The van der Waals surface area contributed by atoms with Gasteiger partial charge in [-0.15, -0.1) is 11.6 Å². The molecule has 1 heterocycles. The third-order valence-electron chi connectivity index (χ3n) is 3.74. The molecule has 0 aromatic carbocycles. The molecule has 1 saturated heterocycles. The summed E-state index contributed by atoms with van der Waals surface area (Å²) in [6, 6.07) is 0. The number of ketones is 3. The number of hydrogen-bond acceptors (Lipinski definition) is 7. The number of alkyl halides is 1. The van der Waals surface area contributed by atoms with Crippen LogP contribution in [-0.4, -0.2) is 61.6 Å². The van der Waals surface area contributed by atoms with Gasteiger partial charge in [0.25, 0.3) is 0 Å². The summed E-state index contributed by atoms with van der Waals surface area (Å²) in [5, 5.41) is 31.0. The molecule has 3 N–H and O–H groups in total. The summed E-state index contributed by atoms with van der Waals surface area (Å²) < 4.78 is 5.00. The Hall–Kier alpha value is -0.860. The number of ether oxygens (including phenoxy) is 1. The Morgan fingerprint density at radius 3 is 1.90 bits per heavy atom. The standard InChI is InChI=1S/C12H17ClO7/c1-6(14)10(17)5-11(18,7(2)15)20-9(4-13)12(10,19)8(3)16/h9,17-19H,4-5H2,1-3H3/t9-,10+,11-,12-/m1/s1. The summed E-state index contributed by atoms with van der Waals surface area (Å²) in [5.41, 5.74) is -5.31. The van der Waals surface area contributed by atoms with Crippen LogP contribution in [0.4, 0.5) is 0 Å². The number of hydrogen-bond donors (Lipinski definition) is 3. The van der Waals surface area contributed by atoms with E-state index in [1.54, 1.807) is 0 Å². The van der Waals surface area contributed by atoms with Crippen LogP contribution in [0.1, 0.15) is 27.2 Å². The molecule has 1 aliphatic heterocycles. The lowest BCUT2D eigenvalue weighted by Crippen LogP contribution is -2.76. The van der Waals surface area contributed by atoms with Gasteiger partial charge in [-0.25, -0.2) is 0 Å². The van der Waals surface area contributed by atoms with E-state index in [0.29, 0.717) is 0 Å².